The smallest absolute Gasteiger partial charge is 0.243 e. The number of nitrogens with zero attached hydrogens (tertiary/aromatic N) is 2. The van der Waals surface area contributed by atoms with Gasteiger partial charge in [0, 0.05) is 31.2 Å². The molecule has 1 fully saturated rings. The summed E-state index contributed by atoms with van der Waals surface area (Å²) in [7, 11) is -1.85. The van der Waals surface area contributed by atoms with Crippen LogP contribution in [0.2, 0.25) is 0 Å². The second-order valence-corrected chi connectivity index (χ2v) is 7.41. The summed E-state index contributed by atoms with van der Waals surface area (Å²) in [5, 5.41) is 3.89. The van der Waals surface area contributed by atoms with Crippen molar-refractivity contribution in [3.05, 3.63) is 36.0 Å². The van der Waals surface area contributed by atoms with Crippen molar-refractivity contribution in [2.75, 3.05) is 20.1 Å². The summed E-state index contributed by atoms with van der Waals surface area (Å²) in [5.74, 6) is 0. The van der Waals surface area contributed by atoms with Gasteiger partial charge in [-0.2, -0.15) is 4.31 Å². The van der Waals surface area contributed by atoms with E-state index in [1.165, 1.54) is 4.31 Å². The highest BCUT2D eigenvalue weighted by atomic mass is 32.2. The minimum Gasteiger partial charge on any atom is -0.315 e. The Morgan fingerprint density at radius 2 is 2.14 bits per heavy atom. The normalized spacial score (nSPS) is 19.5. The average molecular weight is 305 g/mol. The molecule has 2 aromatic rings. The molecule has 0 aliphatic carbocycles. The molecule has 1 unspecified atom stereocenters. The summed E-state index contributed by atoms with van der Waals surface area (Å²) in [6, 6.07) is 7.13. The summed E-state index contributed by atoms with van der Waals surface area (Å²) < 4.78 is 27.3. The molecule has 1 atom stereocenters. The maximum absolute atomic E-state index is 12.9. The molecule has 5 nitrogen and oxygen atoms in total. The van der Waals surface area contributed by atoms with Gasteiger partial charge in [-0.3, -0.25) is 4.98 Å². The minimum atomic E-state index is -3.51. The average Bonchev–Trinajstić information content (AvgIpc) is 3.01. The molecule has 3 rings (SSSR count). The molecule has 0 bridgehead atoms. The summed E-state index contributed by atoms with van der Waals surface area (Å²) in [6.45, 7) is 3.51. The Hall–Kier alpha value is -1.50. The van der Waals surface area contributed by atoms with Crippen LogP contribution in [0.3, 0.4) is 0 Å². The Labute approximate surface area is 125 Å². The van der Waals surface area contributed by atoms with Crippen LogP contribution < -0.4 is 5.32 Å². The molecule has 0 saturated carbocycles. The number of likely N-dealkylation sites (N-methyl/N-ethyl adjacent to an activating group) is 1. The molecule has 0 amide bonds. The van der Waals surface area contributed by atoms with Crippen LogP contribution in [0.1, 0.15) is 12.0 Å². The van der Waals surface area contributed by atoms with Gasteiger partial charge in [0.05, 0.1) is 10.4 Å². The van der Waals surface area contributed by atoms with Gasteiger partial charge in [0.2, 0.25) is 10.0 Å². The number of benzene rings is 1. The van der Waals surface area contributed by atoms with Gasteiger partial charge in [0.15, 0.2) is 0 Å². The van der Waals surface area contributed by atoms with Gasteiger partial charge < -0.3 is 5.32 Å². The first-order chi connectivity index (χ1) is 10.0. The molecule has 1 aliphatic rings. The fourth-order valence-electron chi connectivity index (χ4n) is 2.81. The molecule has 1 N–H and O–H groups in total. The predicted octanol–water partition coefficient (Wildman–Crippen LogP) is 1.53. The molecule has 21 heavy (non-hydrogen) atoms. The molecule has 2 heterocycles. The van der Waals surface area contributed by atoms with Gasteiger partial charge in [-0.1, -0.05) is 6.07 Å². The number of aromatic nitrogens is 1. The monoisotopic (exact) mass is 305 g/mol. The molecule has 1 aromatic carbocycles. The molecule has 0 spiro atoms. The molecule has 0 radical (unpaired) electrons. The molecule has 1 aliphatic heterocycles. The molecule has 1 saturated heterocycles. The van der Waals surface area contributed by atoms with E-state index in [4.69, 9.17) is 0 Å². The Balaban J connectivity index is 2.13. The van der Waals surface area contributed by atoms with Crippen molar-refractivity contribution in [3.8, 4) is 0 Å². The van der Waals surface area contributed by atoms with E-state index < -0.39 is 10.0 Å². The number of fused-ring (bicyclic) bond motifs is 1. The SMILES string of the molecule is Cc1ccc(S(=O)(=O)N(C)C2CCNC2)c2cccnc12. The van der Waals surface area contributed by atoms with Crippen molar-refractivity contribution in [2.45, 2.75) is 24.3 Å². The van der Waals surface area contributed by atoms with Crippen molar-refractivity contribution in [2.24, 2.45) is 0 Å². The number of rotatable bonds is 3. The van der Waals surface area contributed by atoms with E-state index in [0.29, 0.717) is 16.8 Å². The van der Waals surface area contributed by atoms with Gasteiger partial charge in [-0.25, -0.2) is 8.42 Å². The van der Waals surface area contributed by atoms with Crippen molar-refractivity contribution in [1.82, 2.24) is 14.6 Å². The zero-order valence-electron chi connectivity index (χ0n) is 12.2. The van der Waals surface area contributed by atoms with Gasteiger partial charge >= 0.3 is 0 Å². The van der Waals surface area contributed by atoms with E-state index in [9.17, 15) is 8.42 Å². The summed E-state index contributed by atoms with van der Waals surface area (Å²) >= 11 is 0. The maximum atomic E-state index is 12.9. The first-order valence-electron chi connectivity index (χ1n) is 7.05. The van der Waals surface area contributed by atoms with Crippen molar-refractivity contribution in [3.63, 3.8) is 0 Å². The van der Waals surface area contributed by atoms with Crippen molar-refractivity contribution >= 4 is 20.9 Å². The van der Waals surface area contributed by atoms with E-state index >= 15 is 0 Å². The van der Waals surface area contributed by atoms with E-state index in [-0.39, 0.29) is 6.04 Å². The summed E-state index contributed by atoms with van der Waals surface area (Å²) in [5.41, 5.74) is 1.73. The number of sulfonamides is 1. The molecule has 112 valence electrons. The van der Waals surface area contributed by atoms with Crippen LogP contribution in [0, 0.1) is 6.92 Å². The molecular formula is C15H19N3O2S. The third-order valence-electron chi connectivity index (χ3n) is 4.14. The highest BCUT2D eigenvalue weighted by Crippen LogP contribution is 2.27. The lowest BCUT2D eigenvalue weighted by molar-refractivity contribution is 0.388. The minimum absolute atomic E-state index is 0.0167. The zero-order chi connectivity index (χ0) is 15.0. The number of hydrogen-bond donors (Lipinski definition) is 1. The van der Waals surface area contributed by atoms with E-state index in [2.05, 4.69) is 10.3 Å². The predicted molar refractivity (Wildman–Crippen MR) is 82.7 cm³/mol. The Kier molecular flexibility index (Phi) is 3.69. The molecular weight excluding hydrogens is 286 g/mol. The van der Waals surface area contributed by atoms with Crippen LogP contribution in [0.5, 0.6) is 0 Å². The van der Waals surface area contributed by atoms with Crippen LogP contribution in [0.4, 0.5) is 0 Å². The fraction of sp³-hybridized carbons (Fsp3) is 0.400. The Bertz CT molecular complexity index is 768. The van der Waals surface area contributed by atoms with Crippen LogP contribution in [-0.4, -0.2) is 43.9 Å². The van der Waals surface area contributed by atoms with Crippen molar-refractivity contribution in [1.29, 1.82) is 0 Å². The lowest BCUT2D eigenvalue weighted by atomic mass is 10.1. The second-order valence-electron chi connectivity index (χ2n) is 5.45. The van der Waals surface area contributed by atoms with Gasteiger partial charge in [-0.05, 0) is 43.7 Å². The fourth-order valence-corrected chi connectivity index (χ4v) is 4.38. The van der Waals surface area contributed by atoms with Gasteiger partial charge in [-0.15, -0.1) is 0 Å². The first kappa shape index (κ1) is 14.4. The third kappa shape index (κ3) is 2.43. The molecule has 6 heteroatoms. The lowest BCUT2D eigenvalue weighted by Crippen LogP contribution is -2.38. The first-order valence-corrected chi connectivity index (χ1v) is 8.49. The number of hydrogen-bond acceptors (Lipinski definition) is 4. The third-order valence-corrected chi connectivity index (χ3v) is 6.11. The largest absolute Gasteiger partial charge is 0.315 e. The number of pyridine rings is 1. The number of aryl methyl sites for hydroxylation is 1. The maximum Gasteiger partial charge on any atom is 0.243 e. The van der Waals surface area contributed by atoms with Crippen LogP contribution in [-0.2, 0) is 10.0 Å². The second kappa shape index (κ2) is 5.36. The van der Waals surface area contributed by atoms with Crippen molar-refractivity contribution < 1.29 is 8.42 Å². The standard InChI is InChI=1S/C15H19N3O2S/c1-11-5-6-14(13-4-3-8-17-15(11)13)21(19,20)18(2)12-7-9-16-10-12/h3-6,8,12,16H,7,9-10H2,1-2H3. The van der Waals surface area contributed by atoms with Gasteiger partial charge in [0.1, 0.15) is 0 Å². The Morgan fingerprint density at radius 3 is 2.86 bits per heavy atom. The van der Waals surface area contributed by atoms with E-state index in [0.717, 1.165) is 24.0 Å². The Morgan fingerprint density at radius 1 is 1.33 bits per heavy atom. The highest BCUT2D eigenvalue weighted by Gasteiger charge is 2.31. The van der Waals surface area contributed by atoms with Gasteiger partial charge in [0.25, 0.3) is 0 Å². The van der Waals surface area contributed by atoms with Crippen LogP contribution in [0.15, 0.2) is 35.4 Å². The van der Waals surface area contributed by atoms with Crippen LogP contribution >= 0.6 is 0 Å². The lowest BCUT2D eigenvalue weighted by Gasteiger charge is -2.24. The van der Waals surface area contributed by atoms with E-state index in [1.54, 1.807) is 25.4 Å². The van der Waals surface area contributed by atoms with Crippen LogP contribution in [0.25, 0.3) is 10.9 Å². The molecule has 1 aromatic heterocycles. The quantitative estimate of drug-likeness (QED) is 0.934. The number of nitrogens with one attached hydrogen (secondary N) is 1. The van der Waals surface area contributed by atoms with E-state index in [1.807, 2.05) is 19.1 Å². The summed E-state index contributed by atoms with van der Waals surface area (Å²) in [4.78, 5) is 4.65. The topological polar surface area (TPSA) is 62.3 Å². The zero-order valence-corrected chi connectivity index (χ0v) is 13.0. The summed E-state index contributed by atoms with van der Waals surface area (Å²) in [6.07, 6.45) is 2.54. The highest BCUT2D eigenvalue weighted by molar-refractivity contribution is 7.89.